The summed E-state index contributed by atoms with van der Waals surface area (Å²) in [6, 6.07) is 3.06. The van der Waals surface area contributed by atoms with Crippen molar-refractivity contribution in [1.29, 1.82) is 0 Å². The van der Waals surface area contributed by atoms with Crippen molar-refractivity contribution in [2.45, 2.75) is 31.3 Å². The lowest BCUT2D eigenvalue weighted by Crippen LogP contribution is -2.39. The lowest BCUT2D eigenvalue weighted by Gasteiger charge is -2.23. The summed E-state index contributed by atoms with van der Waals surface area (Å²) in [6.45, 7) is 0.714. The number of aromatic nitrogens is 1. The Bertz CT molecular complexity index is 385. The van der Waals surface area contributed by atoms with E-state index in [4.69, 9.17) is 16.3 Å². The monoisotopic (exact) mass is 238 g/mol. The van der Waals surface area contributed by atoms with E-state index < -0.39 is 0 Å². The van der Waals surface area contributed by atoms with E-state index in [0.717, 1.165) is 17.7 Å². The van der Waals surface area contributed by atoms with Crippen LogP contribution in [0.5, 0.6) is 5.75 Å². The second-order valence-corrected chi connectivity index (χ2v) is 5.13. The minimum Gasteiger partial charge on any atom is -0.490 e. The summed E-state index contributed by atoms with van der Waals surface area (Å²) >= 11 is 5.84. The zero-order valence-corrected chi connectivity index (χ0v) is 9.78. The van der Waals surface area contributed by atoms with Crippen LogP contribution in [0.2, 0.25) is 5.02 Å². The average molecular weight is 239 g/mol. The molecule has 2 heterocycles. The molecule has 0 spiro atoms. The van der Waals surface area contributed by atoms with Gasteiger partial charge in [-0.15, -0.1) is 0 Å². The largest absolute Gasteiger partial charge is 0.490 e. The van der Waals surface area contributed by atoms with E-state index in [1.807, 2.05) is 0 Å². The molecule has 1 saturated heterocycles. The number of piperidine rings is 1. The third kappa shape index (κ3) is 2.30. The first kappa shape index (κ1) is 10.4. The summed E-state index contributed by atoms with van der Waals surface area (Å²) in [5, 5.41) is 4.22. The lowest BCUT2D eigenvalue weighted by atomic mass is 10.1. The fourth-order valence-electron chi connectivity index (χ4n) is 2.37. The summed E-state index contributed by atoms with van der Waals surface area (Å²) in [5.74, 6) is 1.70. The van der Waals surface area contributed by atoms with Crippen molar-refractivity contribution in [2.75, 3.05) is 6.61 Å². The first-order valence-electron chi connectivity index (χ1n) is 5.80. The van der Waals surface area contributed by atoms with Crippen LogP contribution in [-0.2, 0) is 0 Å². The Labute approximate surface area is 100 Å². The first-order chi connectivity index (χ1) is 7.81. The SMILES string of the molecule is Clc1cncc(OC[C@@H]2CC[C@H]3C[C@H]3N2)c1. The van der Waals surface area contributed by atoms with E-state index in [0.29, 0.717) is 17.7 Å². The Morgan fingerprint density at radius 3 is 3.19 bits per heavy atom. The van der Waals surface area contributed by atoms with Gasteiger partial charge in [0, 0.05) is 24.3 Å². The number of pyridine rings is 1. The maximum absolute atomic E-state index is 5.84. The van der Waals surface area contributed by atoms with Crippen molar-refractivity contribution in [3.8, 4) is 5.75 Å². The van der Waals surface area contributed by atoms with Gasteiger partial charge in [0.05, 0.1) is 11.2 Å². The number of fused-ring (bicyclic) bond motifs is 1. The Kier molecular flexibility index (Phi) is 2.74. The van der Waals surface area contributed by atoms with Gasteiger partial charge < -0.3 is 10.1 Å². The smallest absolute Gasteiger partial charge is 0.139 e. The quantitative estimate of drug-likeness (QED) is 0.877. The Hall–Kier alpha value is -0.800. The molecule has 1 aromatic rings. The van der Waals surface area contributed by atoms with Crippen LogP contribution in [0.1, 0.15) is 19.3 Å². The summed E-state index contributed by atoms with van der Waals surface area (Å²) in [7, 11) is 0. The van der Waals surface area contributed by atoms with Crippen LogP contribution in [0.4, 0.5) is 0 Å². The van der Waals surface area contributed by atoms with Gasteiger partial charge in [-0.3, -0.25) is 4.98 Å². The molecule has 0 amide bonds. The zero-order chi connectivity index (χ0) is 11.0. The van der Waals surface area contributed by atoms with Gasteiger partial charge in [0.1, 0.15) is 12.4 Å². The second-order valence-electron chi connectivity index (χ2n) is 4.69. The van der Waals surface area contributed by atoms with E-state index >= 15 is 0 Å². The molecule has 0 unspecified atom stereocenters. The predicted molar refractivity (Wildman–Crippen MR) is 62.8 cm³/mol. The van der Waals surface area contributed by atoms with Crippen LogP contribution >= 0.6 is 11.6 Å². The van der Waals surface area contributed by atoms with Crippen LogP contribution in [-0.4, -0.2) is 23.7 Å². The molecule has 3 rings (SSSR count). The molecule has 1 saturated carbocycles. The molecule has 2 aliphatic rings. The van der Waals surface area contributed by atoms with Gasteiger partial charge in [-0.2, -0.15) is 0 Å². The molecule has 1 aliphatic carbocycles. The van der Waals surface area contributed by atoms with Gasteiger partial charge in [0.25, 0.3) is 0 Å². The fourth-order valence-corrected chi connectivity index (χ4v) is 2.54. The van der Waals surface area contributed by atoms with Crippen LogP contribution < -0.4 is 10.1 Å². The minimum atomic E-state index is 0.489. The normalized spacial score (nSPS) is 31.9. The Morgan fingerprint density at radius 1 is 1.44 bits per heavy atom. The van der Waals surface area contributed by atoms with E-state index in [1.54, 1.807) is 18.5 Å². The number of nitrogens with one attached hydrogen (secondary N) is 1. The predicted octanol–water partition coefficient (Wildman–Crippen LogP) is 2.25. The van der Waals surface area contributed by atoms with Crippen LogP contribution in [0.25, 0.3) is 0 Å². The molecule has 2 fully saturated rings. The maximum Gasteiger partial charge on any atom is 0.139 e. The lowest BCUT2D eigenvalue weighted by molar-refractivity contribution is 0.236. The third-order valence-electron chi connectivity index (χ3n) is 3.39. The van der Waals surface area contributed by atoms with Crippen LogP contribution in [0.15, 0.2) is 18.5 Å². The molecule has 0 bridgehead atoms. The van der Waals surface area contributed by atoms with E-state index in [9.17, 15) is 0 Å². The number of hydrogen-bond acceptors (Lipinski definition) is 3. The fraction of sp³-hybridized carbons (Fsp3) is 0.583. The first-order valence-corrected chi connectivity index (χ1v) is 6.18. The highest BCUT2D eigenvalue weighted by atomic mass is 35.5. The molecule has 86 valence electrons. The standard InChI is InChI=1S/C12H15ClN2O/c13-9-4-11(6-14-5-9)16-7-10-2-1-8-3-12(8)15-10/h4-6,8,10,12,15H,1-3,7H2/t8-,10-,12+/m0/s1. The molecule has 3 nitrogen and oxygen atoms in total. The van der Waals surface area contributed by atoms with Crippen molar-refractivity contribution >= 4 is 11.6 Å². The Balaban J connectivity index is 1.52. The van der Waals surface area contributed by atoms with Gasteiger partial charge in [-0.25, -0.2) is 0 Å². The molecular formula is C12H15ClN2O. The van der Waals surface area contributed by atoms with Gasteiger partial charge in [0.2, 0.25) is 0 Å². The molecule has 0 radical (unpaired) electrons. The van der Waals surface area contributed by atoms with Gasteiger partial charge in [0.15, 0.2) is 0 Å². The summed E-state index contributed by atoms with van der Waals surface area (Å²) in [6.07, 6.45) is 7.24. The summed E-state index contributed by atoms with van der Waals surface area (Å²) in [5.41, 5.74) is 0. The van der Waals surface area contributed by atoms with Crippen molar-refractivity contribution in [3.63, 3.8) is 0 Å². The van der Waals surface area contributed by atoms with Gasteiger partial charge in [-0.05, 0) is 25.2 Å². The average Bonchev–Trinajstić information content (AvgIpc) is 3.04. The molecule has 3 atom stereocenters. The van der Waals surface area contributed by atoms with Crippen molar-refractivity contribution in [1.82, 2.24) is 10.3 Å². The van der Waals surface area contributed by atoms with Crippen molar-refractivity contribution < 1.29 is 4.74 Å². The molecule has 1 N–H and O–H groups in total. The highest BCUT2D eigenvalue weighted by molar-refractivity contribution is 6.30. The molecule has 1 aromatic heterocycles. The number of halogens is 1. The number of rotatable bonds is 3. The van der Waals surface area contributed by atoms with Crippen LogP contribution in [0.3, 0.4) is 0 Å². The molecule has 0 aromatic carbocycles. The summed E-state index contributed by atoms with van der Waals surface area (Å²) < 4.78 is 5.68. The van der Waals surface area contributed by atoms with E-state index in [2.05, 4.69) is 10.3 Å². The van der Waals surface area contributed by atoms with Crippen LogP contribution in [0, 0.1) is 5.92 Å². The maximum atomic E-state index is 5.84. The Morgan fingerprint density at radius 2 is 2.38 bits per heavy atom. The highest BCUT2D eigenvalue weighted by Crippen LogP contribution is 2.39. The zero-order valence-electron chi connectivity index (χ0n) is 9.03. The molecular weight excluding hydrogens is 224 g/mol. The van der Waals surface area contributed by atoms with E-state index in [1.165, 1.54) is 19.3 Å². The minimum absolute atomic E-state index is 0.489. The third-order valence-corrected chi connectivity index (χ3v) is 3.60. The molecule has 16 heavy (non-hydrogen) atoms. The van der Waals surface area contributed by atoms with Gasteiger partial charge >= 0.3 is 0 Å². The number of nitrogens with zero attached hydrogens (tertiary/aromatic N) is 1. The van der Waals surface area contributed by atoms with Crippen molar-refractivity contribution in [2.24, 2.45) is 5.92 Å². The highest BCUT2D eigenvalue weighted by Gasteiger charge is 2.41. The van der Waals surface area contributed by atoms with Gasteiger partial charge in [-0.1, -0.05) is 11.6 Å². The van der Waals surface area contributed by atoms with Crippen molar-refractivity contribution in [3.05, 3.63) is 23.5 Å². The number of hydrogen-bond donors (Lipinski definition) is 1. The summed E-state index contributed by atoms with van der Waals surface area (Å²) in [4.78, 5) is 3.99. The topological polar surface area (TPSA) is 34.1 Å². The molecule has 1 aliphatic heterocycles. The molecule has 4 heteroatoms. The number of ether oxygens (including phenoxy) is 1. The van der Waals surface area contributed by atoms with E-state index in [-0.39, 0.29) is 0 Å². The second kappa shape index (κ2) is 4.22.